The van der Waals surface area contributed by atoms with Gasteiger partial charge in [0.25, 0.3) is 0 Å². The van der Waals surface area contributed by atoms with Crippen molar-refractivity contribution in [3.05, 3.63) is 0 Å². The van der Waals surface area contributed by atoms with Crippen LogP contribution in [0.3, 0.4) is 0 Å². The van der Waals surface area contributed by atoms with Crippen LogP contribution in [0.1, 0.15) is 329 Å². The Bertz CT molecular complexity index is 929. The molecule has 0 spiro atoms. The average molecular weight is 945 g/mol. The highest BCUT2D eigenvalue weighted by Crippen LogP contribution is 2.26. The lowest BCUT2D eigenvalue weighted by molar-refractivity contribution is -0.132. The highest BCUT2D eigenvalue weighted by molar-refractivity contribution is 5.76. The van der Waals surface area contributed by atoms with E-state index in [1.165, 1.54) is 244 Å². The largest absolute Gasteiger partial charge is 0.391 e. The first-order valence-corrected chi connectivity index (χ1v) is 31.0. The van der Waals surface area contributed by atoms with Gasteiger partial charge in [-0.1, -0.05) is 246 Å². The zero-order valence-electron chi connectivity index (χ0n) is 46.2. The van der Waals surface area contributed by atoms with Crippen molar-refractivity contribution in [3.8, 4) is 0 Å². The minimum absolute atomic E-state index is 0.170. The molecule has 0 aliphatic heterocycles. The third-order valence-electron chi connectivity index (χ3n) is 15.4. The van der Waals surface area contributed by atoms with E-state index in [0.717, 1.165) is 97.1 Å². The number of hydrogen-bond acceptors (Lipinski definition) is 4. The van der Waals surface area contributed by atoms with Crippen LogP contribution in [-0.4, -0.2) is 83.0 Å². The Balaban J connectivity index is 2.41. The number of hydrogen-bond donors (Lipinski definition) is 1. The van der Waals surface area contributed by atoms with Crippen LogP contribution in [-0.2, 0) is 9.59 Å². The summed E-state index contributed by atoms with van der Waals surface area (Å²) in [6.45, 7) is 15.2. The van der Waals surface area contributed by atoms with E-state index < -0.39 is 0 Å². The number of carbonyl (C=O) groups excluding carboxylic acids is 2. The molecule has 1 saturated carbocycles. The standard InChI is InChI=1S/C61H121N3O3/c1-5-9-13-17-21-25-33-43-54-63(55-44-34-26-22-18-14-10-6-2)60(66)50-39-31-29-37-41-52-62(58-48-47-49-59(58)65)53-42-38-30-32-40-51-61(67)64(56-45-35-27-23-19-15-11-7-3)57-46-36-28-24-20-16-12-8-4/h58-59,65H,5-57H2,1-4H3/t58-,59?/m1/s1. The SMILES string of the molecule is CCCCCCCCCCN(CCCCCCCCCC)C(=O)CCCCCCCN(CCCCCCCC(=O)N(CCCCCCCCCC)CCCCCCCCCC)[C@@H]1CCCC1O. The lowest BCUT2D eigenvalue weighted by Gasteiger charge is -2.31. The topological polar surface area (TPSA) is 64.1 Å². The molecule has 6 nitrogen and oxygen atoms in total. The Hall–Kier alpha value is -1.14. The van der Waals surface area contributed by atoms with Crippen molar-refractivity contribution in [2.75, 3.05) is 39.3 Å². The monoisotopic (exact) mass is 944 g/mol. The van der Waals surface area contributed by atoms with Gasteiger partial charge >= 0.3 is 0 Å². The van der Waals surface area contributed by atoms with Crippen molar-refractivity contribution in [2.24, 2.45) is 0 Å². The van der Waals surface area contributed by atoms with Crippen molar-refractivity contribution in [1.82, 2.24) is 14.7 Å². The van der Waals surface area contributed by atoms with Gasteiger partial charge in [0.05, 0.1) is 6.10 Å². The van der Waals surface area contributed by atoms with Crippen molar-refractivity contribution in [1.29, 1.82) is 0 Å². The van der Waals surface area contributed by atoms with Crippen LogP contribution in [0.15, 0.2) is 0 Å². The van der Waals surface area contributed by atoms with Crippen LogP contribution in [0.4, 0.5) is 0 Å². The molecule has 1 aliphatic carbocycles. The van der Waals surface area contributed by atoms with Gasteiger partial charge in [-0.3, -0.25) is 14.5 Å². The first-order chi connectivity index (χ1) is 33.0. The number of aliphatic hydroxyl groups is 1. The molecule has 2 amide bonds. The molecule has 2 atom stereocenters. The Morgan fingerprint density at radius 1 is 0.328 bits per heavy atom. The maximum Gasteiger partial charge on any atom is 0.222 e. The first-order valence-electron chi connectivity index (χ1n) is 31.0. The van der Waals surface area contributed by atoms with Crippen LogP contribution in [0, 0.1) is 0 Å². The van der Waals surface area contributed by atoms with Crippen LogP contribution in [0.25, 0.3) is 0 Å². The number of nitrogens with zero attached hydrogens (tertiary/aromatic N) is 3. The van der Waals surface area contributed by atoms with Gasteiger partial charge in [0.15, 0.2) is 0 Å². The summed E-state index contributed by atoms with van der Waals surface area (Å²) in [5, 5.41) is 10.9. The van der Waals surface area contributed by atoms with Gasteiger partial charge in [-0.15, -0.1) is 0 Å². The fraction of sp³-hybridized carbons (Fsp3) is 0.967. The van der Waals surface area contributed by atoms with Crippen molar-refractivity contribution in [2.45, 2.75) is 342 Å². The zero-order valence-corrected chi connectivity index (χ0v) is 46.2. The molecule has 0 saturated heterocycles. The highest BCUT2D eigenvalue weighted by Gasteiger charge is 2.30. The van der Waals surface area contributed by atoms with Gasteiger partial charge in [-0.2, -0.15) is 0 Å². The molecule has 0 heterocycles. The summed E-state index contributed by atoms with van der Waals surface area (Å²) >= 11 is 0. The number of unbranched alkanes of at least 4 members (excludes halogenated alkanes) is 36. The number of amides is 2. The predicted molar refractivity (Wildman–Crippen MR) is 294 cm³/mol. The van der Waals surface area contributed by atoms with E-state index in [1.807, 2.05) is 0 Å². The maximum absolute atomic E-state index is 13.5. The fourth-order valence-electron chi connectivity index (χ4n) is 10.8. The van der Waals surface area contributed by atoms with Gasteiger partial charge in [0.1, 0.15) is 0 Å². The van der Waals surface area contributed by atoms with Crippen molar-refractivity contribution >= 4 is 11.8 Å². The van der Waals surface area contributed by atoms with E-state index >= 15 is 0 Å². The van der Waals surface area contributed by atoms with E-state index in [0.29, 0.717) is 17.9 Å². The summed E-state index contributed by atoms with van der Waals surface area (Å²) in [5.74, 6) is 0.813. The van der Waals surface area contributed by atoms with E-state index in [-0.39, 0.29) is 6.10 Å². The minimum Gasteiger partial charge on any atom is -0.391 e. The van der Waals surface area contributed by atoms with Crippen molar-refractivity contribution in [3.63, 3.8) is 0 Å². The third kappa shape index (κ3) is 39.2. The average Bonchev–Trinajstić information content (AvgIpc) is 3.77. The van der Waals surface area contributed by atoms with Crippen LogP contribution >= 0.6 is 0 Å². The number of rotatable bonds is 53. The highest BCUT2D eigenvalue weighted by atomic mass is 16.3. The van der Waals surface area contributed by atoms with Gasteiger partial charge in [0.2, 0.25) is 11.8 Å². The summed E-state index contributed by atoms with van der Waals surface area (Å²) in [6, 6.07) is 0.330. The van der Waals surface area contributed by atoms with Gasteiger partial charge in [-0.25, -0.2) is 0 Å². The van der Waals surface area contributed by atoms with E-state index in [9.17, 15) is 14.7 Å². The molecule has 0 aromatic heterocycles. The Morgan fingerprint density at radius 3 is 0.821 bits per heavy atom. The lowest BCUT2D eigenvalue weighted by Crippen LogP contribution is -2.41. The summed E-state index contributed by atoms with van der Waals surface area (Å²) in [5.41, 5.74) is 0. The first kappa shape index (κ1) is 63.9. The summed E-state index contributed by atoms with van der Waals surface area (Å²) in [6.07, 6.45) is 58.3. The van der Waals surface area contributed by atoms with Crippen LogP contribution in [0.2, 0.25) is 0 Å². The summed E-state index contributed by atoms with van der Waals surface area (Å²) < 4.78 is 0. The summed E-state index contributed by atoms with van der Waals surface area (Å²) in [7, 11) is 0. The molecule has 0 radical (unpaired) electrons. The molecule has 398 valence electrons. The molecule has 1 fully saturated rings. The molecule has 0 aromatic carbocycles. The second-order valence-electron chi connectivity index (χ2n) is 21.8. The van der Waals surface area contributed by atoms with E-state index in [1.54, 1.807) is 0 Å². The normalized spacial score (nSPS) is 15.0. The molecule has 1 rings (SSSR count). The quantitative estimate of drug-likeness (QED) is 0.0617. The smallest absolute Gasteiger partial charge is 0.222 e. The van der Waals surface area contributed by atoms with Gasteiger partial charge in [0, 0.05) is 45.1 Å². The second-order valence-corrected chi connectivity index (χ2v) is 21.8. The summed E-state index contributed by atoms with van der Waals surface area (Å²) in [4.78, 5) is 34.0. The lowest BCUT2D eigenvalue weighted by atomic mass is 10.1. The zero-order chi connectivity index (χ0) is 48.5. The third-order valence-corrected chi connectivity index (χ3v) is 15.4. The Kier molecular flexibility index (Phi) is 47.5. The van der Waals surface area contributed by atoms with Gasteiger partial charge in [-0.05, 0) is 83.7 Å². The minimum atomic E-state index is -0.170. The number of aliphatic hydroxyl groups excluding tert-OH is 1. The van der Waals surface area contributed by atoms with Crippen LogP contribution < -0.4 is 0 Å². The van der Waals surface area contributed by atoms with E-state index in [4.69, 9.17) is 0 Å². The van der Waals surface area contributed by atoms with Crippen LogP contribution in [0.5, 0.6) is 0 Å². The Labute approximate surface area is 420 Å². The molecular weight excluding hydrogens is 823 g/mol. The molecule has 0 aromatic rings. The molecule has 1 unspecified atom stereocenters. The number of carbonyl (C=O) groups is 2. The second kappa shape index (κ2) is 49.8. The molecule has 0 bridgehead atoms. The molecule has 6 heteroatoms. The molecule has 1 N–H and O–H groups in total. The van der Waals surface area contributed by atoms with Gasteiger partial charge < -0.3 is 14.9 Å². The fourth-order valence-corrected chi connectivity index (χ4v) is 10.8. The molecule has 1 aliphatic rings. The van der Waals surface area contributed by atoms with Crippen molar-refractivity contribution < 1.29 is 14.7 Å². The maximum atomic E-state index is 13.5. The Morgan fingerprint density at radius 2 is 0.567 bits per heavy atom. The van der Waals surface area contributed by atoms with E-state index in [2.05, 4.69) is 42.4 Å². The molecule has 67 heavy (non-hydrogen) atoms. The predicted octanol–water partition coefficient (Wildman–Crippen LogP) is 18.1. The molecular formula is C61H121N3O3.